The van der Waals surface area contributed by atoms with E-state index in [-0.39, 0.29) is 23.7 Å². The minimum Gasteiger partial charge on any atom is -0.504 e. The zero-order valence-corrected chi connectivity index (χ0v) is 13.2. The van der Waals surface area contributed by atoms with Gasteiger partial charge >= 0.3 is 0 Å². The third-order valence-electron chi connectivity index (χ3n) is 3.14. The number of ether oxygens (including phenoxy) is 1. The standard InChI is InChI=1S/C19H17NO4/c1-24-19-10-6-14(12-18(19)23)5-8-16(21)13-17(22)9-7-15-4-2-3-11-20-15/h2-12,23H,13H2,1H3. The Morgan fingerprint density at radius 1 is 1.12 bits per heavy atom. The number of phenols is 1. The zero-order valence-electron chi connectivity index (χ0n) is 13.2. The molecule has 24 heavy (non-hydrogen) atoms. The minimum absolute atomic E-state index is 0.0125. The average Bonchev–Trinajstić information content (AvgIpc) is 2.59. The van der Waals surface area contributed by atoms with E-state index >= 15 is 0 Å². The predicted molar refractivity (Wildman–Crippen MR) is 91.6 cm³/mol. The Morgan fingerprint density at radius 3 is 2.50 bits per heavy atom. The molecule has 0 fully saturated rings. The van der Waals surface area contributed by atoms with Crippen LogP contribution in [0.15, 0.2) is 54.7 Å². The van der Waals surface area contributed by atoms with Crippen LogP contribution in [-0.4, -0.2) is 28.8 Å². The maximum absolute atomic E-state index is 11.8. The molecule has 5 heteroatoms. The molecule has 0 unspecified atom stereocenters. The first-order chi connectivity index (χ1) is 11.6. The molecule has 5 nitrogen and oxygen atoms in total. The molecule has 122 valence electrons. The molecule has 1 aromatic carbocycles. The van der Waals surface area contributed by atoms with E-state index < -0.39 is 0 Å². The molecular formula is C19H17NO4. The number of hydrogen-bond acceptors (Lipinski definition) is 5. The van der Waals surface area contributed by atoms with Crippen molar-refractivity contribution in [1.29, 1.82) is 0 Å². The van der Waals surface area contributed by atoms with Crippen LogP contribution in [0.25, 0.3) is 12.2 Å². The third-order valence-corrected chi connectivity index (χ3v) is 3.14. The third kappa shape index (κ3) is 5.21. The highest BCUT2D eigenvalue weighted by Crippen LogP contribution is 2.26. The molecular weight excluding hydrogens is 306 g/mol. The predicted octanol–water partition coefficient (Wildman–Crippen LogP) is 3.05. The Kier molecular flexibility index (Phi) is 6.02. The van der Waals surface area contributed by atoms with Gasteiger partial charge in [-0.1, -0.05) is 18.2 Å². The first-order valence-electron chi connectivity index (χ1n) is 7.28. The maximum Gasteiger partial charge on any atom is 0.163 e. The van der Waals surface area contributed by atoms with Gasteiger partial charge in [-0.05, 0) is 48.1 Å². The Balaban J connectivity index is 1.91. The topological polar surface area (TPSA) is 76.5 Å². The lowest BCUT2D eigenvalue weighted by Gasteiger charge is -2.03. The second-order valence-corrected chi connectivity index (χ2v) is 4.96. The maximum atomic E-state index is 11.8. The van der Waals surface area contributed by atoms with E-state index in [4.69, 9.17) is 4.74 Å². The quantitative estimate of drug-likeness (QED) is 0.626. The summed E-state index contributed by atoms with van der Waals surface area (Å²) in [6, 6.07) is 10.1. The molecule has 0 spiro atoms. The highest BCUT2D eigenvalue weighted by atomic mass is 16.5. The van der Waals surface area contributed by atoms with Crippen LogP contribution in [0.2, 0.25) is 0 Å². The molecule has 0 saturated carbocycles. The molecule has 2 rings (SSSR count). The Labute approximate surface area is 139 Å². The number of pyridine rings is 1. The number of rotatable bonds is 7. The van der Waals surface area contributed by atoms with Gasteiger partial charge in [0.15, 0.2) is 23.1 Å². The lowest BCUT2D eigenvalue weighted by Crippen LogP contribution is -2.02. The van der Waals surface area contributed by atoms with Gasteiger partial charge in [0.2, 0.25) is 0 Å². The van der Waals surface area contributed by atoms with Crippen LogP contribution in [0.3, 0.4) is 0 Å². The van der Waals surface area contributed by atoms with E-state index in [1.807, 2.05) is 6.07 Å². The van der Waals surface area contributed by atoms with Crippen molar-refractivity contribution in [2.24, 2.45) is 0 Å². The smallest absolute Gasteiger partial charge is 0.163 e. The summed E-state index contributed by atoms with van der Waals surface area (Å²) in [5, 5.41) is 9.67. The van der Waals surface area contributed by atoms with Crippen LogP contribution >= 0.6 is 0 Å². The summed E-state index contributed by atoms with van der Waals surface area (Å²) >= 11 is 0. The number of allylic oxidation sites excluding steroid dienone is 2. The van der Waals surface area contributed by atoms with E-state index in [1.54, 1.807) is 36.5 Å². The number of nitrogens with zero attached hydrogens (tertiary/aromatic N) is 1. The van der Waals surface area contributed by atoms with Crippen molar-refractivity contribution in [1.82, 2.24) is 4.98 Å². The van der Waals surface area contributed by atoms with Crippen LogP contribution in [0.1, 0.15) is 17.7 Å². The first-order valence-corrected chi connectivity index (χ1v) is 7.28. The number of phenolic OH excluding ortho intramolecular Hbond substituents is 1. The molecule has 1 N–H and O–H groups in total. The first kappa shape index (κ1) is 17.1. The fourth-order valence-corrected chi connectivity index (χ4v) is 1.94. The van der Waals surface area contributed by atoms with E-state index in [1.165, 1.54) is 31.4 Å². The zero-order chi connectivity index (χ0) is 17.4. The molecule has 0 aliphatic carbocycles. The lowest BCUT2D eigenvalue weighted by atomic mass is 10.1. The van der Waals surface area contributed by atoms with Gasteiger partial charge in [-0.3, -0.25) is 14.6 Å². The average molecular weight is 323 g/mol. The fourth-order valence-electron chi connectivity index (χ4n) is 1.94. The number of ketones is 2. The normalized spacial score (nSPS) is 11.0. The number of carbonyl (C=O) groups is 2. The van der Waals surface area contributed by atoms with Gasteiger partial charge in [0.1, 0.15) is 0 Å². The molecule has 0 bridgehead atoms. The van der Waals surface area contributed by atoms with Crippen molar-refractivity contribution in [3.8, 4) is 11.5 Å². The van der Waals surface area contributed by atoms with Crippen LogP contribution in [0, 0.1) is 0 Å². The SMILES string of the molecule is COc1ccc(C=CC(=O)CC(=O)C=Cc2ccccn2)cc1O. The molecule has 0 saturated heterocycles. The molecule has 0 aliphatic rings. The highest BCUT2D eigenvalue weighted by Gasteiger charge is 2.04. The second-order valence-electron chi connectivity index (χ2n) is 4.96. The van der Waals surface area contributed by atoms with Crippen molar-refractivity contribution in [3.05, 3.63) is 66.0 Å². The van der Waals surface area contributed by atoms with Crippen molar-refractivity contribution in [2.75, 3.05) is 7.11 Å². The molecule has 0 amide bonds. The fraction of sp³-hybridized carbons (Fsp3) is 0.105. The van der Waals surface area contributed by atoms with Gasteiger partial charge in [-0.25, -0.2) is 0 Å². The van der Waals surface area contributed by atoms with Gasteiger partial charge in [-0.2, -0.15) is 0 Å². The summed E-state index contributed by atoms with van der Waals surface area (Å²) in [6.45, 7) is 0. The van der Waals surface area contributed by atoms with Crippen LogP contribution in [-0.2, 0) is 9.59 Å². The summed E-state index contributed by atoms with van der Waals surface area (Å²) in [6.07, 6.45) is 7.17. The minimum atomic E-state index is -0.319. The van der Waals surface area contributed by atoms with E-state index in [2.05, 4.69) is 4.98 Å². The number of carbonyl (C=O) groups excluding carboxylic acids is 2. The Bertz CT molecular complexity index is 779. The summed E-state index contributed by atoms with van der Waals surface area (Å²) in [5.74, 6) is -0.274. The van der Waals surface area contributed by atoms with Crippen molar-refractivity contribution < 1.29 is 19.4 Å². The Morgan fingerprint density at radius 2 is 1.88 bits per heavy atom. The second kappa shape index (κ2) is 8.43. The summed E-state index contributed by atoms with van der Waals surface area (Å²) in [5.41, 5.74) is 1.29. The van der Waals surface area contributed by atoms with Crippen LogP contribution in [0.5, 0.6) is 11.5 Å². The monoisotopic (exact) mass is 323 g/mol. The lowest BCUT2D eigenvalue weighted by molar-refractivity contribution is -0.121. The summed E-state index contributed by atoms with van der Waals surface area (Å²) in [4.78, 5) is 27.6. The van der Waals surface area contributed by atoms with E-state index in [0.717, 1.165) is 0 Å². The number of methoxy groups -OCH3 is 1. The Hall–Kier alpha value is -3.21. The van der Waals surface area contributed by atoms with Crippen LogP contribution in [0.4, 0.5) is 0 Å². The number of aromatic hydroxyl groups is 1. The number of benzene rings is 1. The molecule has 0 atom stereocenters. The number of hydrogen-bond donors (Lipinski definition) is 1. The van der Waals surface area contributed by atoms with Crippen molar-refractivity contribution in [2.45, 2.75) is 6.42 Å². The van der Waals surface area contributed by atoms with Crippen molar-refractivity contribution >= 4 is 23.7 Å². The molecule has 1 heterocycles. The molecule has 0 radical (unpaired) electrons. The molecule has 1 aromatic heterocycles. The van der Waals surface area contributed by atoms with E-state index in [9.17, 15) is 14.7 Å². The van der Waals surface area contributed by atoms with Gasteiger partial charge in [0.05, 0.1) is 19.2 Å². The largest absolute Gasteiger partial charge is 0.504 e. The van der Waals surface area contributed by atoms with Crippen molar-refractivity contribution in [3.63, 3.8) is 0 Å². The molecule has 2 aromatic rings. The highest BCUT2D eigenvalue weighted by molar-refractivity contribution is 6.10. The van der Waals surface area contributed by atoms with Crippen LogP contribution < -0.4 is 4.74 Å². The van der Waals surface area contributed by atoms with Gasteiger partial charge < -0.3 is 9.84 Å². The van der Waals surface area contributed by atoms with Gasteiger partial charge in [0.25, 0.3) is 0 Å². The molecule has 0 aliphatic heterocycles. The number of aromatic nitrogens is 1. The van der Waals surface area contributed by atoms with E-state index in [0.29, 0.717) is 17.0 Å². The summed E-state index contributed by atoms with van der Waals surface area (Å²) in [7, 11) is 1.46. The summed E-state index contributed by atoms with van der Waals surface area (Å²) < 4.78 is 4.94. The van der Waals surface area contributed by atoms with Gasteiger partial charge in [-0.15, -0.1) is 0 Å². The van der Waals surface area contributed by atoms with Gasteiger partial charge in [0, 0.05) is 6.20 Å².